The zero-order valence-corrected chi connectivity index (χ0v) is 21.7. The normalized spacial score (nSPS) is 16.1. The number of likely N-dealkylation sites (N-methyl/N-ethyl adjacent to an activating group) is 1. The van der Waals surface area contributed by atoms with Crippen molar-refractivity contribution in [3.8, 4) is 0 Å². The van der Waals surface area contributed by atoms with Crippen LogP contribution in [0.25, 0.3) is 0 Å². The van der Waals surface area contributed by atoms with Gasteiger partial charge in [0.25, 0.3) is 5.91 Å². The van der Waals surface area contributed by atoms with Gasteiger partial charge < -0.3 is 15.5 Å². The van der Waals surface area contributed by atoms with Gasteiger partial charge in [0, 0.05) is 51.7 Å². The highest BCUT2D eigenvalue weighted by molar-refractivity contribution is 7.84. The number of carbonyl (C=O) groups excluding carboxylic acids is 1. The topological polar surface area (TPSA) is 73.8 Å². The Balaban J connectivity index is 1.51. The molecule has 2 unspecified atom stereocenters. The SMILES string of the molecule is CN1C(=O)C(NC(=S)NCCc2ccc(S(C)=O)cc2)N=C(c2ccccc2)c2cc(Cl)ccc21. The summed E-state index contributed by atoms with van der Waals surface area (Å²) in [7, 11) is 0.721. The second-order valence-corrected chi connectivity index (χ2v) is 10.3. The minimum atomic E-state index is -0.998. The Hall–Kier alpha value is -3.07. The van der Waals surface area contributed by atoms with Crippen molar-refractivity contribution in [2.75, 3.05) is 24.7 Å². The van der Waals surface area contributed by atoms with Crippen LogP contribution in [-0.2, 0) is 22.0 Å². The van der Waals surface area contributed by atoms with Gasteiger partial charge in [0.2, 0.25) is 6.17 Å². The van der Waals surface area contributed by atoms with Crippen molar-refractivity contribution in [3.63, 3.8) is 0 Å². The molecule has 0 aromatic heterocycles. The highest BCUT2D eigenvalue weighted by Crippen LogP contribution is 2.29. The van der Waals surface area contributed by atoms with Crippen LogP contribution >= 0.6 is 23.8 Å². The summed E-state index contributed by atoms with van der Waals surface area (Å²) in [4.78, 5) is 20.5. The van der Waals surface area contributed by atoms with Crippen LogP contribution in [0.2, 0.25) is 5.02 Å². The summed E-state index contributed by atoms with van der Waals surface area (Å²) in [5, 5.41) is 7.12. The molecule has 0 spiro atoms. The molecular weight excluding hydrogens is 500 g/mol. The molecule has 0 radical (unpaired) electrons. The van der Waals surface area contributed by atoms with Gasteiger partial charge in [-0.1, -0.05) is 54.1 Å². The molecular formula is C26H25ClN4O2S2. The number of hydrogen-bond donors (Lipinski definition) is 2. The van der Waals surface area contributed by atoms with Crippen LogP contribution in [0.3, 0.4) is 0 Å². The summed E-state index contributed by atoms with van der Waals surface area (Å²) in [6.45, 7) is 0.572. The van der Waals surface area contributed by atoms with Crippen LogP contribution < -0.4 is 15.5 Å². The van der Waals surface area contributed by atoms with E-state index in [2.05, 4.69) is 10.6 Å². The third kappa shape index (κ3) is 5.96. The number of thiocarbonyl (C=S) groups is 1. The first-order valence-corrected chi connectivity index (χ1v) is 13.4. The number of nitrogens with zero attached hydrogens (tertiary/aromatic N) is 2. The Morgan fingerprint density at radius 3 is 2.51 bits per heavy atom. The Labute approximate surface area is 217 Å². The van der Waals surface area contributed by atoms with Crippen molar-refractivity contribution in [2.45, 2.75) is 17.5 Å². The minimum Gasteiger partial charge on any atom is -0.362 e. The monoisotopic (exact) mass is 524 g/mol. The van der Waals surface area contributed by atoms with Crippen molar-refractivity contribution >= 4 is 57.0 Å². The molecule has 0 saturated heterocycles. The van der Waals surface area contributed by atoms with E-state index in [0.717, 1.165) is 33.7 Å². The minimum absolute atomic E-state index is 0.230. The van der Waals surface area contributed by atoms with E-state index in [0.29, 0.717) is 22.4 Å². The number of nitrogens with one attached hydrogen (secondary N) is 2. The third-order valence-corrected chi connectivity index (χ3v) is 7.10. The highest BCUT2D eigenvalue weighted by atomic mass is 35.5. The molecule has 9 heteroatoms. The molecule has 35 heavy (non-hydrogen) atoms. The van der Waals surface area contributed by atoms with E-state index in [-0.39, 0.29) is 5.91 Å². The van der Waals surface area contributed by atoms with E-state index in [9.17, 15) is 9.00 Å². The summed E-state index contributed by atoms with van der Waals surface area (Å²) in [6, 6.07) is 22.7. The lowest BCUT2D eigenvalue weighted by Crippen LogP contribution is -2.49. The molecule has 3 aromatic rings. The largest absolute Gasteiger partial charge is 0.362 e. The third-order valence-electron chi connectivity index (χ3n) is 5.67. The molecule has 0 bridgehead atoms. The lowest BCUT2D eigenvalue weighted by Gasteiger charge is -2.22. The van der Waals surface area contributed by atoms with Gasteiger partial charge in [0.05, 0.1) is 11.4 Å². The molecule has 0 saturated carbocycles. The standard InChI is InChI=1S/C26H25ClN4O2S2/c1-31-22-13-10-19(27)16-21(22)23(18-6-4-3-5-7-18)29-24(25(31)32)30-26(34)28-15-14-17-8-11-20(12-9-17)35(2)33/h3-13,16,24H,14-15H2,1-2H3,(H2,28,30,34). The van der Waals surface area contributed by atoms with Gasteiger partial charge in [-0.05, 0) is 54.5 Å². The van der Waals surface area contributed by atoms with Crippen LogP contribution in [0.4, 0.5) is 5.69 Å². The maximum atomic E-state index is 13.3. The van der Waals surface area contributed by atoms with Crippen LogP contribution in [0, 0.1) is 0 Å². The fourth-order valence-electron chi connectivity index (χ4n) is 3.81. The lowest BCUT2D eigenvalue weighted by atomic mass is 10.0. The fraction of sp³-hybridized carbons (Fsp3) is 0.192. The number of fused-ring (bicyclic) bond motifs is 1. The number of carbonyl (C=O) groups is 1. The summed E-state index contributed by atoms with van der Waals surface area (Å²) in [5.74, 6) is -0.230. The van der Waals surface area contributed by atoms with Crippen LogP contribution in [0.15, 0.2) is 82.7 Å². The van der Waals surface area contributed by atoms with Crippen molar-refractivity contribution in [1.82, 2.24) is 10.6 Å². The zero-order valence-electron chi connectivity index (χ0n) is 19.3. The molecule has 4 rings (SSSR count). The molecule has 1 aliphatic rings. The van der Waals surface area contributed by atoms with Crippen molar-refractivity contribution in [3.05, 3.63) is 94.5 Å². The number of amides is 1. The van der Waals surface area contributed by atoms with Crippen LogP contribution in [0.1, 0.15) is 16.7 Å². The summed E-state index contributed by atoms with van der Waals surface area (Å²) in [6.07, 6.45) is 1.48. The average Bonchev–Trinajstić information content (AvgIpc) is 2.95. The van der Waals surface area contributed by atoms with E-state index < -0.39 is 17.0 Å². The quantitative estimate of drug-likeness (QED) is 0.478. The first kappa shape index (κ1) is 25.0. The maximum absolute atomic E-state index is 13.3. The second kappa shape index (κ2) is 11.1. The number of halogens is 1. The molecule has 1 amide bonds. The van der Waals surface area contributed by atoms with E-state index in [1.807, 2.05) is 66.7 Å². The van der Waals surface area contributed by atoms with E-state index in [1.54, 1.807) is 24.3 Å². The Morgan fingerprint density at radius 1 is 1.11 bits per heavy atom. The molecule has 3 aromatic carbocycles. The Kier molecular flexibility index (Phi) is 7.95. The average molecular weight is 525 g/mol. The number of aliphatic imine (C=N–C) groups is 1. The molecule has 180 valence electrons. The van der Waals surface area contributed by atoms with Gasteiger partial charge >= 0.3 is 0 Å². The van der Waals surface area contributed by atoms with E-state index in [1.165, 1.54) is 0 Å². The number of anilines is 1. The van der Waals surface area contributed by atoms with Gasteiger partial charge in [0.15, 0.2) is 5.11 Å². The van der Waals surface area contributed by atoms with Crippen molar-refractivity contribution < 1.29 is 9.00 Å². The highest BCUT2D eigenvalue weighted by Gasteiger charge is 2.30. The Morgan fingerprint density at radius 2 is 1.83 bits per heavy atom. The number of benzodiazepines with no additional fused rings is 1. The van der Waals surface area contributed by atoms with Crippen LogP contribution in [-0.4, -0.2) is 47.0 Å². The molecule has 1 aliphatic heterocycles. The first-order chi connectivity index (χ1) is 16.8. The van der Waals surface area contributed by atoms with Gasteiger partial charge in [0.1, 0.15) is 0 Å². The lowest BCUT2D eigenvalue weighted by molar-refractivity contribution is -0.119. The van der Waals surface area contributed by atoms with Gasteiger partial charge in [-0.2, -0.15) is 0 Å². The van der Waals surface area contributed by atoms with E-state index in [4.69, 9.17) is 28.8 Å². The summed E-state index contributed by atoms with van der Waals surface area (Å²) >= 11 is 11.8. The molecule has 0 fully saturated rings. The van der Waals surface area contributed by atoms with Gasteiger partial charge in [-0.3, -0.25) is 9.00 Å². The molecule has 2 atom stereocenters. The number of benzene rings is 3. The molecule has 0 aliphatic carbocycles. The predicted octanol–water partition coefficient (Wildman–Crippen LogP) is 3.92. The molecule has 2 N–H and O–H groups in total. The maximum Gasteiger partial charge on any atom is 0.272 e. The van der Waals surface area contributed by atoms with Crippen molar-refractivity contribution in [2.24, 2.45) is 4.99 Å². The smallest absolute Gasteiger partial charge is 0.272 e. The summed E-state index contributed by atoms with van der Waals surface area (Å²) in [5.41, 5.74) is 4.13. The molecule has 6 nitrogen and oxygen atoms in total. The van der Waals surface area contributed by atoms with Gasteiger partial charge in [-0.25, -0.2) is 4.99 Å². The predicted molar refractivity (Wildman–Crippen MR) is 147 cm³/mol. The van der Waals surface area contributed by atoms with E-state index >= 15 is 0 Å². The Bertz CT molecular complexity index is 1300. The number of rotatable bonds is 6. The number of hydrogen-bond acceptors (Lipinski definition) is 4. The zero-order chi connectivity index (χ0) is 24.9. The molecule has 1 heterocycles. The first-order valence-electron chi connectivity index (χ1n) is 11.0. The van der Waals surface area contributed by atoms with Crippen LogP contribution in [0.5, 0.6) is 0 Å². The fourth-order valence-corrected chi connectivity index (χ4v) is 4.71. The summed E-state index contributed by atoms with van der Waals surface area (Å²) < 4.78 is 11.6. The van der Waals surface area contributed by atoms with Gasteiger partial charge in [-0.15, -0.1) is 0 Å². The second-order valence-electron chi connectivity index (χ2n) is 8.05. The van der Waals surface area contributed by atoms with Crippen molar-refractivity contribution in [1.29, 1.82) is 0 Å².